The van der Waals surface area contributed by atoms with E-state index in [4.69, 9.17) is 4.74 Å². The Labute approximate surface area is 184 Å². The van der Waals surface area contributed by atoms with Crippen LogP contribution in [-0.2, 0) is 35.3 Å². The molecule has 4 rings (SSSR count). The standard InChI is InChI=1S/C24H24F3N3O2/c25-24(26,27)23-20-16-32-14-11-21(20)30(29-23)13-12-28-22(31)15-19(17-7-3-1-4-8-17)18-9-5-2-6-10-18/h1-10,19H,11-16H2,(H,28,31). The molecule has 2 heterocycles. The smallest absolute Gasteiger partial charge is 0.376 e. The van der Waals surface area contributed by atoms with Crippen molar-refractivity contribution >= 4 is 5.91 Å². The van der Waals surface area contributed by atoms with Crippen LogP contribution in [0, 0.1) is 0 Å². The zero-order chi connectivity index (χ0) is 22.6. The molecule has 168 valence electrons. The topological polar surface area (TPSA) is 56.2 Å². The van der Waals surface area contributed by atoms with Crippen molar-refractivity contribution in [1.82, 2.24) is 15.1 Å². The van der Waals surface area contributed by atoms with Crippen molar-refractivity contribution in [2.24, 2.45) is 0 Å². The van der Waals surface area contributed by atoms with Crippen molar-refractivity contribution in [1.29, 1.82) is 0 Å². The highest BCUT2D eigenvalue weighted by Gasteiger charge is 2.39. The van der Waals surface area contributed by atoms with Crippen molar-refractivity contribution in [3.63, 3.8) is 0 Å². The number of halogens is 3. The van der Waals surface area contributed by atoms with E-state index in [2.05, 4.69) is 10.4 Å². The number of alkyl halides is 3. The maximum atomic E-state index is 13.3. The monoisotopic (exact) mass is 443 g/mol. The van der Waals surface area contributed by atoms with Crippen LogP contribution in [0.4, 0.5) is 13.2 Å². The van der Waals surface area contributed by atoms with Gasteiger partial charge in [0.25, 0.3) is 0 Å². The van der Waals surface area contributed by atoms with E-state index in [-0.39, 0.29) is 43.5 Å². The molecular weight excluding hydrogens is 419 g/mol. The van der Waals surface area contributed by atoms with E-state index in [1.807, 2.05) is 60.7 Å². The molecule has 0 unspecified atom stereocenters. The lowest BCUT2D eigenvalue weighted by atomic mass is 9.88. The first-order chi connectivity index (χ1) is 15.4. The highest BCUT2D eigenvalue weighted by molar-refractivity contribution is 5.77. The quantitative estimate of drug-likeness (QED) is 0.592. The molecule has 0 saturated heterocycles. The van der Waals surface area contributed by atoms with E-state index in [0.717, 1.165) is 11.1 Å². The van der Waals surface area contributed by atoms with E-state index >= 15 is 0 Å². The molecule has 1 aliphatic rings. The van der Waals surface area contributed by atoms with Crippen molar-refractivity contribution in [2.45, 2.75) is 38.1 Å². The van der Waals surface area contributed by atoms with E-state index in [1.165, 1.54) is 4.68 Å². The number of rotatable bonds is 7. The first-order valence-electron chi connectivity index (χ1n) is 10.5. The zero-order valence-corrected chi connectivity index (χ0v) is 17.4. The average molecular weight is 443 g/mol. The van der Waals surface area contributed by atoms with Gasteiger partial charge in [0.2, 0.25) is 5.91 Å². The number of nitrogens with zero attached hydrogens (tertiary/aromatic N) is 2. The Morgan fingerprint density at radius 3 is 2.28 bits per heavy atom. The van der Waals surface area contributed by atoms with E-state index in [9.17, 15) is 18.0 Å². The summed E-state index contributed by atoms with van der Waals surface area (Å²) in [7, 11) is 0. The highest BCUT2D eigenvalue weighted by Crippen LogP contribution is 2.34. The van der Waals surface area contributed by atoms with Gasteiger partial charge in [0, 0.05) is 36.6 Å². The molecule has 1 N–H and O–H groups in total. The lowest BCUT2D eigenvalue weighted by molar-refractivity contribution is -0.142. The molecule has 0 aliphatic carbocycles. The number of hydrogen-bond donors (Lipinski definition) is 1. The molecule has 0 saturated carbocycles. The number of ether oxygens (including phenoxy) is 1. The third-order valence-electron chi connectivity index (χ3n) is 5.60. The van der Waals surface area contributed by atoms with Crippen LogP contribution in [0.1, 0.15) is 40.4 Å². The van der Waals surface area contributed by atoms with Crippen LogP contribution in [0.15, 0.2) is 60.7 Å². The molecule has 5 nitrogen and oxygen atoms in total. The van der Waals surface area contributed by atoms with Crippen LogP contribution in [0.2, 0.25) is 0 Å². The Balaban J connectivity index is 1.42. The Morgan fingerprint density at radius 1 is 1.06 bits per heavy atom. The molecule has 3 aromatic rings. The number of amides is 1. The van der Waals surface area contributed by atoms with Gasteiger partial charge in [-0.1, -0.05) is 60.7 Å². The molecule has 8 heteroatoms. The number of carbonyl (C=O) groups is 1. The van der Waals surface area contributed by atoms with Crippen molar-refractivity contribution in [3.05, 3.63) is 88.7 Å². The first-order valence-corrected chi connectivity index (χ1v) is 10.5. The van der Waals surface area contributed by atoms with E-state index in [1.54, 1.807) is 0 Å². The van der Waals surface area contributed by atoms with Gasteiger partial charge in [-0.25, -0.2) is 0 Å². The van der Waals surface area contributed by atoms with Crippen molar-refractivity contribution in [3.8, 4) is 0 Å². The van der Waals surface area contributed by atoms with Crippen LogP contribution in [0.3, 0.4) is 0 Å². The summed E-state index contributed by atoms with van der Waals surface area (Å²) in [4.78, 5) is 12.7. The Morgan fingerprint density at radius 2 is 1.69 bits per heavy atom. The third-order valence-corrected chi connectivity index (χ3v) is 5.60. The Kier molecular flexibility index (Phi) is 6.60. The summed E-state index contributed by atoms with van der Waals surface area (Å²) in [6, 6.07) is 19.6. The first kappa shape index (κ1) is 22.1. The second-order valence-electron chi connectivity index (χ2n) is 7.73. The summed E-state index contributed by atoms with van der Waals surface area (Å²) >= 11 is 0. The Bertz CT molecular complexity index is 1010. The van der Waals surface area contributed by atoms with Crippen molar-refractivity contribution < 1.29 is 22.7 Å². The third kappa shape index (κ3) is 5.02. The van der Waals surface area contributed by atoms with Gasteiger partial charge in [0.1, 0.15) is 0 Å². The van der Waals surface area contributed by atoms with Gasteiger partial charge in [-0.3, -0.25) is 9.48 Å². The predicted molar refractivity (Wildman–Crippen MR) is 113 cm³/mol. The SMILES string of the molecule is O=C(CC(c1ccccc1)c1ccccc1)NCCn1nc(C(F)(F)F)c2c1CCOC2. The van der Waals surface area contributed by atoms with Crippen LogP contribution in [0.5, 0.6) is 0 Å². The fourth-order valence-electron chi connectivity index (χ4n) is 4.08. The second kappa shape index (κ2) is 9.56. The summed E-state index contributed by atoms with van der Waals surface area (Å²) in [5, 5.41) is 6.62. The molecule has 0 spiro atoms. The molecule has 1 aliphatic heterocycles. The number of aromatic nitrogens is 2. The van der Waals surface area contributed by atoms with Crippen molar-refractivity contribution in [2.75, 3.05) is 13.2 Å². The molecule has 0 bridgehead atoms. The number of carbonyl (C=O) groups excluding carboxylic acids is 1. The minimum absolute atomic E-state index is 0.0909. The number of fused-ring (bicyclic) bond motifs is 1. The van der Waals surface area contributed by atoms with Crippen LogP contribution >= 0.6 is 0 Å². The van der Waals surface area contributed by atoms with Crippen LogP contribution in [-0.4, -0.2) is 28.8 Å². The molecular formula is C24H24F3N3O2. The summed E-state index contributed by atoms with van der Waals surface area (Å²) in [6.45, 7) is 0.636. The van der Waals surface area contributed by atoms with Crippen LogP contribution < -0.4 is 5.32 Å². The number of nitrogens with one attached hydrogen (secondary N) is 1. The summed E-state index contributed by atoms with van der Waals surface area (Å²) < 4.78 is 46.5. The molecule has 1 aromatic heterocycles. The van der Waals surface area contributed by atoms with Gasteiger partial charge in [-0.05, 0) is 11.1 Å². The highest BCUT2D eigenvalue weighted by atomic mass is 19.4. The maximum absolute atomic E-state index is 13.3. The molecule has 32 heavy (non-hydrogen) atoms. The summed E-state index contributed by atoms with van der Waals surface area (Å²) in [5.74, 6) is -0.271. The maximum Gasteiger partial charge on any atom is 0.435 e. The Hall–Kier alpha value is -3.13. The van der Waals surface area contributed by atoms with E-state index < -0.39 is 11.9 Å². The van der Waals surface area contributed by atoms with Gasteiger partial charge in [0.15, 0.2) is 5.69 Å². The van der Waals surface area contributed by atoms with Crippen LogP contribution in [0.25, 0.3) is 0 Å². The normalized spacial score (nSPS) is 13.8. The average Bonchev–Trinajstić information content (AvgIpc) is 3.18. The molecule has 0 atom stereocenters. The fourth-order valence-corrected chi connectivity index (χ4v) is 4.08. The lowest BCUT2D eigenvalue weighted by Crippen LogP contribution is -2.29. The predicted octanol–water partition coefficient (Wildman–Crippen LogP) is 4.31. The minimum Gasteiger partial charge on any atom is -0.376 e. The molecule has 2 aromatic carbocycles. The molecule has 1 amide bonds. The lowest BCUT2D eigenvalue weighted by Gasteiger charge is -2.18. The van der Waals surface area contributed by atoms with E-state index in [0.29, 0.717) is 18.7 Å². The largest absolute Gasteiger partial charge is 0.435 e. The van der Waals surface area contributed by atoms with Gasteiger partial charge >= 0.3 is 6.18 Å². The number of benzene rings is 2. The zero-order valence-electron chi connectivity index (χ0n) is 17.4. The fraction of sp³-hybridized carbons (Fsp3) is 0.333. The number of hydrogen-bond acceptors (Lipinski definition) is 3. The second-order valence-corrected chi connectivity index (χ2v) is 7.73. The van der Waals surface area contributed by atoms with Gasteiger partial charge in [-0.2, -0.15) is 18.3 Å². The van der Waals surface area contributed by atoms with Gasteiger partial charge in [-0.15, -0.1) is 0 Å². The molecule has 0 radical (unpaired) electrons. The summed E-state index contributed by atoms with van der Waals surface area (Å²) in [5.41, 5.74) is 1.80. The minimum atomic E-state index is -4.53. The van der Waals surface area contributed by atoms with Gasteiger partial charge < -0.3 is 10.1 Å². The van der Waals surface area contributed by atoms with Gasteiger partial charge in [0.05, 0.1) is 19.8 Å². The summed E-state index contributed by atoms with van der Waals surface area (Å²) in [6.07, 6.45) is -3.92. The molecule has 0 fully saturated rings.